The van der Waals surface area contributed by atoms with Crippen molar-refractivity contribution in [2.45, 2.75) is 32.6 Å². The Hall–Kier alpha value is -3.35. The molecule has 0 radical (unpaired) electrons. The lowest BCUT2D eigenvalue weighted by atomic mass is 10.0. The Bertz CT molecular complexity index is 940. The maximum Gasteiger partial charge on any atom is 0.411 e. The molecule has 0 bridgehead atoms. The van der Waals surface area contributed by atoms with Crippen molar-refractivity contribution in [3.05, 3.63) is 35.4 Å². The highest BCUT2D eigenvalue weighted by Gasteiger charge is 2.27. The van der Waals surface area contributed by atoms with Gasteiger partial charge in [-0.2, -0.15) is 0 Å². The molecule has 1 atom stereocenters. The molecule has 1 aromatic rings. The zero-order valence-electron chi connectivity index (χ0n) is 18.4. The molecule has 9 heteroatoms. The highest BCUT2D eigenvalue weighted by Crippen LogP contribution is 2.30. The molecule has 1 aliphatic heterocycles. The van der Waals surface area contributed by atoms with E-state index in [1.165, 1.54) is 14.2 Å². The molecule has 0 fully saturated rings. The largest absolute Gasteiger partial charge is 0.453 e. The third kappa shape index (κ3) is 6.57. The fourth-order valence-electron chi connectivity index (χ4n) is 2.88. The predicted octanol–water partition coefficient (Wildman–Crippen LogP) is 1.78. The van der Waals surface area contributed by atoms with Gasteiger partial charge in [0.15, 0.2) is 6.23 Å². The van der Waals surface area contributed by atoms with Crippen LogP contribution in [0.4, 0.5) is 10.5 Å². The quantitative estimate of drug-likeness (QED) is 0.571. The number of aliphatic imine (C=N–C) groups is 1. The first-order valence-corrected chi connectivity index (χ1v) is 9.59. The first-order valence-electron chi connectivity index (χ1n) is 9.59. The summed E-state index contributed by atoms with van der Waals surface area (Å²) in [5.41, 5.74) is 1.18. The standard InChI is InChI=1S/C22H28N4O5/c1-7-15-8-9-16(17(10-15)25-21(28)31-6)18-11-20(30-5)26(14(2)24-18)12-19(27)23-13-22(3,4)29/h1,8-11,20,29H,12-13H2,2-6H3,(H,23,27)(H,25,28). The second-order valence-corrected chi connectivity index (χ2v) is 7.58. The molecule has 0 spiro atoms. The van der Waals surface area contributed by atoms with E-state index in [0.29, 0.717) is 28.3 Å². The molecule has 9 nitrogen and oxygen atoms in total. The Morgan fingerprint density at radius 2 is 2.06 bits per heavy atom. The first kappa shape index (κ1) is 23.9. The van der Waals surface area contributed by atoms with Gasteiger partial charge >= 0.3 is 6.09 Å². The number of anilines is 1. The van der Waals surface area contributed by atoms with Gasteiger partial charge in [-0.15, -0.1) is 6.42 Å². The summed E-state index contributed by atoms with van der Waals surface area (Å²) in [4.78, 5) is 30.4. The third-order valence-corrected chi connectivity index (χ3v) is 4.46. The molecule has 1 aromatic carbocycles. The van der Waals surface area contributed by atoms with Crippen molar-refractivity contribution in [3.63, 3.8) is 0 Å². The molecule has 166 valence electrons. The Morgan fingerprint density at radius 3 is 2.65 bits per heavy atom. The minimum absolute atomic E-state index is 0.00298. The number of methoxy groups -OCH3 is 2. The van der Waals surface area contributed by atoms with Crippen molar-refractivity contribution in [2.24, 2.45) is 4.99 Å². The molecular weight excluding hydrogens is 400 g/mol. The molecule has 0 aromatic heterocycles. The number of nitrogens with one attached hydrogen (secondary N) is 2. The minimum atomic E-state index is -1.01. The van der Waals surface area contributed by atoms with E-state index in [-0.39, 0.29) is 19.0 Å². The highest BCUT2D eigenvalue weighted by molar-refractivity contribution is 5.95. The SMILES string of the molecule is C#Cc1ccc(C2=CC(OC)N(CC(=O)NCC(C)(C)O)C(C)=N2)c(NC(=O)OC)c1. The molecule has 1 heterocycles. The number of amidine groups is 1. The summed E-state index contributed by atoms with van der Waals surface area (Å²) in [6, 6.07) is 5.14. The van der Waals surface area contributed by atoms with E-state index in [9.17, 15) is 14.7 Å². The number of amides is 2. The maximum atomic E-state index is 12.3. The molecule has 3 N–H and O–H groups in total. The van der Waals surface area contributed by atoms with Crippen LogP contribution in [-0.2, 0) is 14.3 Å². The average Bonchev–Trinajstić information content (AvgIpc) is 2.72. The lowest BCUT2D eigenvalue weighted by Crippen LogP contribution is -2.49. The molecule has 31 heavy (non-hydrogen) atoms. The van der Waals surface area contributed by atoms with Gasteiger partial charge in [-0.05, 0) is 45.0 Å². The summed E-state index contributed by atoms with van der Waals surface area (Å²) in [6.45, 7) is 5.10. The number of aliphatic hydroxyl groups is 1. The molecule has 1 unspecified atom stereocenters. The maximum absolute atomic E-state index is 12.3. The van der Waals surface area contributed by atoms with Crippen LogP contribution in [0.25, 0.3) is 5.70 Å². The second kappa shape index (κ2) is 10.1. The number of benzene rings is 1. The highest BCUT2D eigenvalue weighted by atomic mass is 16.5. The second-order valence-electron chi connectivity index (χ2n) is 7.58. The molecule has 0 saturated carbocycles. The monoisotopic (exact) mass is 428 g/mol. The van der Waals surface area contributed by atoms with Crippen LogP contribution in [0, 0.1) is 12.3 Å². The zero-order chi connectivity index (χ0) is 23.2. The average molecular weight is 428 g/mol. The summed E-state index contributed by atoms with van der Waals surface area (Å²) in [5, 5.41) is 15.1. The number of hydrogen-bond donors (Lipinski definition) is 3. The van der Waals surface area contributed by atoms with Crippen LogP contribution >= 0.6 is 0 Å². The van der Waals surface area contributed by atoms with Crippen LogP contribution in [0.3, 0.4) is 0 Å². The number of rotatable bonds is 7. The van der Waals surface area contributed by atoms with E-state index in [1.807, 2.05) is 0 Å². The predicted molar refractivity (Wildman–Crippen MR) is 118 cm³/mol. The minimum Gasteiger partial charge on any atom is -0.453 e. The lowest BCUT2D eigenvalue weighted by Gasteiger charge is -2.33. The van der Waals surface area contributed by atoms with Gasteiger partial charge < -0.3 is 24.8 Å². The van der Waals surface area contributed by atoms with Gasteiger partial charge in [0, 0.05) is 24.8 Å². The number of carbonyl (C=O) groups excluding carboxylic acids is 2. The summed E-state index contributed by atoms with van der Waals surface area (Å²) in [7, 11) is 2.79. The summed E-state index contributed by atoms with van der Waals surface area (Å²) in [6.07, 6.45) is 6.01. The molecule has 0 aliphatic carbocycles. The van der Waals surface area contributed by atoms with E-state index in [2.05, 4.69) is 26.3 Å². The summed E-state index contributed by atoms with van der Waals surface area (Å²) < 4.78 is 10.2. The van der Waals surface area contributed by atoms with E-state index in [0.717, 1.165) is 0 Å². The number of nitrogens with zero attached hydrogens (tertiary/aromatic N) is 2. The van der Waals surface area contributed by atoms with Crippen LogP contribution in [0.2, 0.25) is 0 Å². The molecule has 2 rings (SSSR count). The molecule has 2 amide bonds. The van der Waals surface area contributed by atoms with Crippen molar-refractivity contribution < 1.29 is 24.2 Å². The normalized spacial score (nSPS) is 16.0. The van der Waals surface area contributed by atoms with Crippen LogP contribution in [-0.4, -0.2) is 67.0 Å². The van der Waals surface area contributed by atoms with Crippen molar-refractivity contribution >= 4 is 29.2 Å². The van der Waals surface area contributed by atoms with E-state index < -0.39 is 17.9 Å². The topological polar surface area (TPSA) is 112 Å². The Labute approximate surface area is 182 Å². The number of carbonyl (C=O) groups is 2. The van der Waals surface area contributed by atoms with Gasteiger partial charge in [0.25, 0.3) is 0 Å². The van der Waals surface area contributed by atoms with Gasteiger partial charge in [0.2, 0.25) is 5.91 Å². The number of terminal acetylenes is 1. The molecule has 1 aliphatic rings. The third-order valence-electron chi connectivity index (χ3n) is 4.46. The first-order chi connectivity index (χ1) is 14.6. The Balaban J connectivity index is 2.30. The summed E-state index contributed by atoms with van der Waals surface area (Å²) >= 11 is 0. The molecule has 0 saturated heterocycles. The van der Waals surface area contributed by atoms with Crippen LogP contribution in [0.5, 0.6) is 0 Å². The van der Waals surface area contributed by atoms with Gasteiger partial charge in [-0.25, -0.2) is 9.79 Å². The van der Waals surface area contributed by atoms with E-state index in [1.54, 1.807) is 49.9 Å². The number of hydrogen-bond acceptors (Lipinski definition) is 7. The van der Waals surface area contributed by atoms with Crippen molar-refractivity contribution in [1.82, 2.24) is 10.2 Å². The van der Waals surface area contributed by atoms with E-state index in [4.69, 9.17) is 11.2 Å². The van der Waals surface area contributed by atoms with Gasteiger partial charge in [0.05, 0.1) is 24.1 Å². The zero-order valence-corrected chi connectivity index (χ0v) is 18.4. The van der Waals surface area contributed by atoms with Gasteiger partial charge in [-0.3, -0.25) is 10.1 Å². The number of ether oxygens (including phenoxy) is 2. The van der Waals surface area contributed by atoms with Crippen molar-refractivity contribution in [3.8, 4) is 12.3 Å². The Morgan fingerprint density at radius 1 is 1.35 bits per heavy atom. The van der Waals surface area contributed by atoms with Crippen LogP contribution < -0.4 is 10.6 Å². The van der Waals surface area contributed by atoms with Crippen LogP contribution in [0.15, 0.2) is 29.3 Å². The fourth-order valence-corrected chi connectivity index (χ4v) is 2.88. The molecular formula is C22H28N4O5. The van der Waals surface area contributed by atoms with Crippen LogP contribution in [0.1, 0.15) is 31.9 Å². The van der Waals surface area contributed by atoms with Gasteiger partial charge in [-0.1, -0.05) is 5.92 Å². The smallest absolute Gasteiger partial charge is 0.411 e. The fraction of sp³-hybridized carbons (Fsp3) is 0.409. The van der Waals surface area contributed by atoms with Crippen molar-refractivity contribution in [1.29, 1.82) is 0 Å². The van der Waals surface area contributed by atoms with E-state index >= 15 is 0 Å². The van der Waals surface area contributed by atoms with Gasteiger partial charge in [0.1, 0.15) is 12.4 Å². The van der Waals surface area contributed by atoms with Crippen molar-refractivity contribution in [2.75, 3.05) is 32.6 Å². The Kier molecular flexibility index (Phi) is 7.80. The lowest BCUT2D eigenvalue weighted by molar-refractivity contribution is -0.124. The summed E-state index contributed by atoms with van der Waals surface area (Å²) in [5.74, 6) is 2.80.